The van der Waals surface area contributed by atoms with Crippen LogP contribution in [0, 0.1) is 0 Å². The number of fused-ring (bicyclic) bond motifs is 1. The molecule has 1 aliphatic carbocycles. The van der Waals surface area contributed by atoms with Crippen LogP contribution in [-0.2, 0) is 16.4 Å². The van der Waals surface area contributed by atoms with E-state index in [-0.39, 0.29) is 5.91 Å². The van der Waals surface area contributed by atoms with E-state index in [0.717, 1.165) is 43.6 Å². The maximum absolute atomic E-state index is 13.1. The van der Waals surface area contributed by atoms with Crippen molar-refractivity contribution in [1.29, 1.82) is 0 Å². The van der Waals surface area contributed by atoms with E-state index >= 15 is 0 Å². The fourth-order valence-electron chi connectivity index (χ4n) is 5.27. The van der Waals surface area contributed by atoms with Gasteiger partial charge < -0.3 is 9.62 Å². The van der Waals surface area contributed by atoms with Crippen LogP contribution >= 0.6 is 0 Å². The van der Waals surface area contributed by atoms with Crippen molar-refractivity contribution in [3.8, 4) is 0 Å². The molecule has 7 heteroatoms. The van der Waals surface area contributed by atoms with E-state index < -0.39 is 11.0 Å². The monoisotopic (exact) mass is 510 g/mol. The Morgan fingerprint density at radius 3 is 2.32 bits per heavy atom. The summed E-state index contributed by atoms with van der Waals surface area (Å²) in [6.45, 7) is 4.35. The van der Waals surface area contributed by atoms with Gasteiger partial charge in [0.2, 0.25) is 0 Å². The molecule has 37 heavy (non-hydrogen) atoms. The van der Waals surface area contributed by atoms with Crippen molar-refractivity contribution in [1.82, 2.24) is 14.8 Å². The molecule has 1 atom stereocenters. The minimum Gasteiger partial charge on any atom is -0.336 e. The molecule has 1 aliphatic heterocycles. The fourth-order valence-corrected chi connectivity index (χ4v) is 6.28. The van der Waals surface area contributed by atoms with E-state index in [1.165, 1.54) is 18.4 Å². The third-order valence-corrected chi connectivity index (χ3v) is 8.71. The third-order valence-electron chi connectivity index (χ3n) is 7.56. The lowest BCUT2D eigenvalue weighted by molar-refractivity contribution is 0.0626. The molecule has 6 rings (SSSR count). The number of benzene rings is 3. The lowest BCUT2D eigenvalue weighted by atomic mass is 9.95. The first-order valence-corrected chi connectivity index (χ1v) is 14.0. The van der Waals surface area contributed by atoms with Gasteiger partial charge in [-0.05, 0) is 54.8 Å². The Kier molecular flexibility index (Phi) is 6.49. The number of piperazine rings is 1. The topological polar surface area (TPSA) is 65.5 Å². The summed E-state index contributed by atoms with van der Waals surface area (Å²) in [5.41, 5.74) is 3.82. The van der Waals surface area contributed by atoms with Crippen LogP contribution in [0.1, 0.15) is 28.8 Å². The Hall–Kier alpha value is -3.55. The Bertz CT molecular complexity index is 1420. The van der Waals surface area contributed by atoms with Crippen molar-refractivity contribution in [2.45, 2.75) is 23.2 Å². The van der Waals surface area contributed by atoms with Crippen LogP contribution in [0.2, 0.25) is 0 Å². The fraction of sp³-hybridized carbons (Fsp3) is 0.267. The van der Waals surface area contributed by atoms with Crippen molar-refractivity contribution < 1.29 is 9.00 Å². The molecule has 0 radical (unpaired) electrons. The van der Waals surface area contributed by atoms with Gasteiger partial charge in [-0.2, -0.15) is 0 Å². The average molecular weight is 511 g/mol. The van der Waals surface area contributed by atoms with Gasteiger partial charge in [0.25, 0.3) is 5.91 Å². The molecule has 2 heterocycles. The Balaban J connectivity index is 1.05. The largest absolute Gasteiger partial charge is 0.336 e. The van der Waals surface area contributed by atoms with Crippen LogP contribution in [-0.4, -0.2) is 57.6 Å². The maximum Gasteiger partial charge on any atom is 0.253 e. The molecule has 1 N–H and O–H groups in total. The Labute approximate surface area is 219 Å². The van der Waals surface area contributed by atoms with Crippen molar-refractivity contribution in [2.24, 2.45) is 0 Å². The zero-order valence-corrected chi connectivity index (χ0v) is 21.5. The van der Waals surface area contributed by atoms with Crippen LogP contribution < -0.4 is 4.72 Å². The molecule has 2 aliphatic rings. The molecule has 4 aromatic rings. The van der Waals surface area contributed by atoms with Crippen LogP contribution in [0.5, 0.6) is 0 Å². The number of carbonyl (C=O) groups is 1. The summed E-state index contributed by atoms with van der Waals surface area (Å²) in [5, 5.41) is 0.948. The normalized spacial score (nSPS) is 17.9. The number of pyridine rings is 1. The number of aromatic nitrogens is 1. The average Bonchev–Trinajstić information content (AvgIpc) is 3.74. The van der Waals surface area contributed by atoms with E-state index in [0.29, 0.717) is 21.6 Å². The van der Waals surface area contributed by atoms with E-state index in [2.05, 4.69) is 44.9 Å². The van der Waals surface area contributed by atoms with Crippen molar-refractivity contribution in [2.75, 3.05) is 37.4 Å². The van der Waals surface area contributed by atoms with E-state index in [1.807, 2.05) is 59.5 Å². The van der Waals surface area contributed by atoms with Crippen molar-refractivity contribution in [3.05, 3.63) is 102 Å². The second kappa shape index (κ2) is 10.1. The molecule has 1 aromatic heterocycles. The molecule has 1 saturated carbocycles. The number of nitrogens with one attached hydrogen (secondary N) is 1. The minimum absolute atomic E-state index is 0.0507. The molecule has 0 spiro atoms. The molecular formula is C30H30N4O2S. The molecule has 3 aromatic carbocycles. The van der Waals surface area contributed by atoms with Gasteiger partial charge >= 0.3 is 0 Å². The van der Waals surface area contributed by atoms with Crippen molar-refractivity contribution in [3.63, 3.8) is 0 Å². The number of amides is 1. The number of hydrogen-bond acceptors (Lipinski definition) is 4. The highest BCUT2D eigenvalue weighted by Crippen LogP contribution is 2.48. The summed E-state index contributed by atoms with van der Waals surface area (Å²) in [6, 6.07) is 27.6. The van der Waals surface area contributed by atoms with E-state index in [4.69, 9.17) is 0 Å². The number of carbonyl (C=O) groups excluding carboxylic acids is 1. The highest BCUT2D eigenvalue weighted by molar-refractivity contribution is 7.86. The van der Waals surface area contributed by atoms with Gasteiger partial charge in [-0.3, -0.25) is 14.7 Å². The molecule has 6 nitrogen and oxygen atoms in total. The highest BCUT2D eigenvalue weighted by atomic mass is 32.2. The standard InChI is InChI=1S/C30H30N4O2S/c35-29(34-20-18-33(19-21-34)22-30(15-16-30)25-8-2-1-3-9-25)24-11-13-26(14-12-24)32-37(36)27-10-4-6-23-7-5-17-31-28(23)27/h1-14,17,32H,15-16,18-22H2. The smallest absolute Gasteiger partial charge is 0.253 e. The first-order valence-electron chi connectivity index (χ1n) is 12.8. The second-order valence-electron chi connectivity index (χ2n) is 9.99. The number of hydrogen-bond donors (Lipinski definition) is 1. The van der Waals surface area contributed by atoms with E-state index in [9.17, 15) is 9.00 Å². The zero-order chi connectivity index (χ0) is 25.2. The SMILES string of the molecule is O=C(c1ccc(NS(=O)c2cccc3cccnc23)cc1)N1CCN(CC2(c3ccccc3)CC2)CC1. The van der Waals surface area contributed by atoms with Gasteiger partial charge in [0.1, 0.15) is 0 Å². The van der Waals surface area contributed by atoms with Gasteiger partial charge in [-0.15, -0.1) is 0 Å². The molecule has 1 unspecified atom stereocenters. The van der Waals surface area contributed by atoms with Crippen LogP contribution in [0.3, 0.4) is 0 Å². The first-order chi connectivity index (χ1) is 18.1. The predicted octanol–water partition coefficient (Wildman–Crippen LogP) is 4.86. The maximum atomic E-state index is 13.1. The molecular weight excluding hydrogens is 480 g/mol. The minimum atomic E-state index is -1.47. The lowest BCUT2D eigenvalue weighted by Crippen LogP contribution is -2.50. The quantitative estimate of drug-likeness (QED) is 0.386. The number of rotatable bonds is 7. The van der Waals surface area contributed by atoms with Gasteiger partial charge in [-0.25, -0.2) is 4.21 Å². The molecule has 188 valence electrons. The Morgan fingerprint density at radius 1 is 0.865 bits per heavy atom. The molecule has 1 saturated heterocycles. The van der Waals surface area contributed by atoms with Gasteiger partial charge in [0.15, 0.2) is 11.0 Å². The van der Waals surface area contributed by atoms with E-state index in [1.54, 1.807) is 6.20 Å². The summed E-state index contributed by atoms with van der Waals surface area (Å²) in [6.07, 6.45) is 4.20. The molecule has 1 amide bonds. The molecule has 0 bridgehead atoms. The number of nitrogens with zero attached hydrogens (tertiary/aromatic N) is 3. The highest BCUT2D eigenvalue weighted by Gasteiger charge is 2.45. The summed E-state index contributed by atoms with van der Waals surface area (Å²) >= 11 is 0. The lowest BCUT2D eigenvalue weighted by Gasteiger charge is -2.36. The summed E-state index contributed by atoms with van der Waals surface area (Å²) in [4.78, 5) is 22.6. The summed E-state index contributed by atoms with van der Waals surface area (Å²) in [7, 11) is -1.47. The second-order valence-corrected chi connectivity index (χ2v) is 11.2. The van der Waals surface area contributed by atoms with Crippen LogP contribution in [0.4, 0.5) is 5.69 Å². The Morgan fingerprint density at radius 2 is 1.59 bits per heavy atom. The van der Waals surface area contributed by atoms with Crippen molar-refractivity contribution >= 4 is 33.5 Å². The predicted molar refractivity (Wildman–Crippen MR) is 148 cm³/mol. The van der Waals surface area contributed by atoms with Crippen LogP contribution in [0.15, 0.2) is 96.0 Å². The number of anilines is 1. The van der Waals surface area contributed by atoms with Crippen LogP contribution in [0.25, 0.3) is 10.9 Å². The number of para-hydroxylation sites is 1. The van der Waals surface area contributed by atoms with Gasteiger partial charge in [-0.1, -0.05) is 48.5 Å². The summed E-state index contributed by atoms with van der Waals surface area (Å²) < 4.78 is 16.0. The summed E-state index contributed by atoms with van der Waals surface area (Å²) in [5.74, 6) is 0.0507. The third kappa shape index (κ3) is 5.02. The van der Waals surface area contributed by atoms with Gasteiger partial charge in [0, 0.05) is 61.0 Å². The first kappa shape index (κ1) is 23.8. The molecule has 2 fully saturated rings. The van der Waals surface area contributed by atoms with Gasteiger partial charge in [0.05, 0.1) is 10.4 Å². The zero-order valence-electron chi connectivity index (χ0n) is 20.7.